The van der Waals surface area contributed by atoms with E-state index < -0.39 is 0 Å². The van der Waals surface area contributed by atoms with Crippen LogP contribution in [0.3, 0.4) is 0 Å². The molecule has 0 aliphatic heterocycles. The topological polar surface area (TPSA) is 38.9 Å². The van der Waals surface area contributed by atoms with Crippen LogP contribution in [0.15, 0.2) is 120 Å². The van der Waals surface area contributed by atoms with Crippen molar-refractivity contribution in [3.63, 3.8) is 0 Å². The molecule has 2 aromatic heterocycles. The summed E-state index contributed by atoms with van der Waals surface area (Å²) >= 11 is 0. The van der Waals surface area contributed by atoms with E-state index in [1.165, 1.54) is 49.5 Å². The predicted octanol–water partition coefficient (Wildman–Crippen LogP) is 11.3. The van der Waals surface area contributed by atoms with Crippen molar-refractivity contribution in [3.8, 4) is 22.4 Å². The first-order chi connectivity index (χ1) is 22.5. The Hall–Kier alpha value is -5.54. The largest absolute Gasteiger partial charge is 0.455 e. The van der Waals surface area contributed by atoms with Crippen LogP contribution in [0.2, 0.25) is 0 Å². The maximum Gasteiger partial charge on any atom is 0.142 e. The third kappa shape index (κ3) is 4.05. The van der Waals surface area contributed by atoms with Gasteiger partial charge in [-0.3, -0.25) is 4.98 Å². The number of hydrogen-bond acceptors (Lipinski definition) is 3. The van der Waals surface area contributed by atoms with Crippen LogP contribution in [0.4, 0.5) is 0 Å². The fraction of sp³-hybridized carbons (Fsp3) is 0.116. The summed E-state index contributed by atoms with van der Waals surface area (Å²) in [5.41, 5.74) is 14.6. The van der Waals surface area contributed by atoms with Gasteiger partial charge in [0.05, 0.1) is 22.9 Å². The van der Waals surface area contributed by atoms with Gasteiger partial charge >= 0.3 is 0 Å². The van der Waals surface area contributed by atoms with E-state index in [9.17, 15) is 0 Å². The third-order valence-corrected chi connectivity index (χ3v) is 9.65. The molecule has 0 saturated carbocycles. The van der Waals surface area contributed by atoms with E-state index in [2.05, 4.69) is 130 Å². The second-order valence-electron chi connectivity index (χ2n) is 12.6. The van der Waals surface area contributed by atoms with E-state index in [0.717, 1.165) is 68.4 Å². The monoisotopic (exact) mass is 592 g/mol. The average Bonchev–Trinajstić information content (AvgIpc) is 3.48. The molecule has 0 unspecified atom stereocenters. The average molecular weight is 593 g/mol. The number of fused-ring (bicyclic) bond motifs is 9. The highest BCUT2D eigenvalue weighted by Crippen LogP contribution is 2.43. The molecule has 0 spiro atoms. The Morgan fingerprint density at radius 3 is 2.04 bits per heavy atom. The van der Waals surface area contributed by atoms with Gasteiger partial charge in [-0.15, -0.1) is 0 Å². The van der Waals surface area contributed by atoms with Gasteiger partial charge in [0.1, 0.15) is 11.3 Å². The van der Waals surface area contributed by atoms with Crippen LogP contribution in [0.5, 0.6) is 0 Å². The van der Waals surface area contributed by atoms with Crippen molar-refractivity contribution in [1.29, 1.82) is 0 Å². The zero-order chi connectivity index (χ0) is 30.9. The number of aryl methyl sites for hydroxylation is 4. The van der Waals surface area contributed by atoms with Gasteiger partial charge in [0.15, 0.2) is 0 Å². The second kappa shape index (κ2) is 10.3. The molecule has 3 nitrogen and oxygen atoms in total. The van der Waals surface area contributed by atoms with Gasteiger partial charge in [-0.25, -0.2) is 4.98 Å². The van der Waals surface area contributed by atoms with Gasteiger partial charge in [-0.2, -0.15) is 0 Å². The molecule has 8 aromatic rings. The second-order valence-corrected chi connectivity index (χ2v) is 12.6. The summed E-state index contributed by atoms with van der Waals surface area (Å²) in [4.78, 5) is 10.2. The first-order valence-corrected chi connectivity index (χ1v) is 16.1. The summed E-state index contributed by atoms with van der Waals surface area (Å²) in [6.45, 7) is 6.59. The number of rotatable bonds is 3. The molecule has 0 atom stereocenters. The van der Waals surface area contributed by atoms with Gasteiger partial charge in [0.25, 0.3) is 0 Å². The highest BCUT2D eigenvalue weighted by molar-refractivity contribution is 6.23. The first kappa shape index (κ1) is 26.8. The summed E-state index contributed by atoms with van der Waals surface area (Å²) in [7, 11) is 0. The van der Waals surface area contributed by atoms with Crippen molar-refractivity contribution < 1.29 is 4.42 Å². The molecule has 0 radical (unpaired) electrons. The number of benzene rings is 6. The fourth-order valence-corrected chi connectivity index (χ4v) is 7.75. The summed E-state index contributed by atoms with van der Waals surface area (Å²) in [5.74, 6) is 1.01. The number of aromatic nitrogens is 2. The van der Waals surface area contributed by atoms with E-state index >= 15 is 0 Å². The van der Waals surface area contributed by atoms with Crippen LogP contribution in [0.1, 0.15) is 40.0 Å². The smallest absolute Gasteiger partial charge is 0.142 e. The molecule has 1 aliphatic carbocycles. The van der Waals surface area contributed by atoms with Crippen LogP contribution in [-0.4, -0.2) is 9.97 Å². The lowest BCUT2D eigenvalue weighted by atomic mass is 9.86. The fourth-order valence-electron chi connectivity index (χ4n) is 7.75. The summed E-state index contributed by atoms with van der Waals surface area (Å²) in [5, 5.41) is 5.85. The van der Waals surface area contributed by atoms with Gasteiger partial charge < -0.3 is 4.42 Å². The SMILES string of the molecule is Cc1cc(C)c(C2=CCCc3c2oc2c(-c4cccc(-c5cnc6c7ccccc7c7ccccc7c6n5)c4)cccc32)c(C)c1. The molecule has 0 saturated heterocycles. The van der Waals surface area contributed by atoms with Crippen LogP contribution in [0.25, 0.3) is 71.5 Å². The molecular formula is C43H32N2O. The van der Waals surface area contributed by atoms with E-state index in [1.54, 1.807) is 0 Å². The lowest BCUT2D eigenvalue weighted by molar-refractivity contribution is 0.591. The normalized spacial score (nSPS) is 13.1. The van der Waals surface area contributed by atoms with Crippen LogP contribution >= 0.6 is 0 Å². The minimum Gasteiger partial charge on any atom is -0.455 e. The van der Waals surface area contributed by atoms with Crippen molar-refractivity contribution in [1.82, 2.24) is 9.97 Å². The molecule has 1 aliphatic rings. The standard InChI is InChI=1S/C43H32N2O/c1-25-21-26(2)39(27(3)22-25)37-20-10-19-36-35-18-9-17-30(42(35)46-43(36)37)28-11-8-12-29(23-28)38-24-44-40-33-15-6-4-13-31(33)32-14-5-7-16-34(32)41(40)45-38/h4-9,11-18,20-24H,10,19H2,1-3H3. The lowest BCUT2D eigenvalue weighted by Crippen LogP contribution is -2.02. The zero-order valence-electron chi connectivity index (χ0n) is 26.2. The van der Waals surface area contributed by atoms with Crippen molar-refractivity contribution in [3.05, 3.63) is 149 Å². The Labute approximate surface area is 267 Å². The van der Waals surface area contributed by atoms with Crippen molar-refractivity contribution >= 4 is 49.1 Å². The van der Waals surface area contributed by atoms with Crippen LogP contribution < -0.4 is 0 Å². The van der Waals surface area contributed by atoms with Gasteiger partial charge in [-0.05, 0) is 72.7 Å². The van der Waals surface area contributed by atoms with E-state index in [0.29, 0.717) is 0 Å². The molecule has 2 heterocycles. The van der Waals surface area contributed by atoms with E-state index in [4.69, 9.17) is 14.4 Å². The Morgan fingerprint density at radius 2 is 1.28 bits per heavy atom. The first-order valence-electron chi connectivity index (χ1n) is 16.1. The molecule has 3 heteroatoms. The highest BCUT2D eigenvalue weighted by Gasteiger charge is 2.25. The quantitative estimate of drug-likeness (QED) is 0.192. The number of para-hydroxylation sites is 1. The van der Waals surface area contributed by atoms with Crippen molar-refractivity contribution in [2.24, 2.45) is 0 Å². The minimum atomic E-state index is 0.858. The van der Waals surface area contributed by atoms with Crippen molar-refractivity contribution in [2.45, 2.75) is 33.6 Å². The molecule has 220 valence electrons. The maximum absolute atomic E-state index is 6.88. The maximum atomic E-state index is 6.88. The minimum absolute atomic E-state index is 0.858. The molecular weight excluding hydrogens is 560 g/mol. The Bertz CT molecular complexity index is 2510. The van der Waals surface area contributed by atoms with Crippen molar-refractivity contribution in [2.75, 3.05) is 0 Å². The number of nitrogens with zero attached hydrogens (tertiary/aromatic N) is 2. The number of allylic oxidation sites excluding steroid dienone is 1. The summed E-state index contributed by atoms with van der Waals surface area (Å²) < 4.78 is 6.88. The van der Waals surface area contributed by atoms with Crippen LogP contribution in [-0.2, 0) is 6.42 Å². The number of hydrogen-bond donors (Lipinski definition) is 0. The third-order valence-electron chi connectivity index (χ3n) is 9.65. The highest BCUT2D eigenvalue weighted by atomic mass is 16.3. The molecule has 9 rings (SSSR count). The Morgan fingerprint density at radius 1 is 0.630 bits per heavy atom. The zero-order valence-corrected chi connectivity index (χ0v) is 26.2. The predicted molar refractivity (Wildman–Crippen MR) is 191 cm³/mol. The number of furan rings is 1. The van der Waals surface area contributed by atoms with E-state index in [1.807, 2.05) is 6.20 Å². The molecule has 0 bridgehead atoms. The Balaban J connectivity index is 1.19. The van der Waals surface area contributed by atoms with Gasteiger partial charge in [0.2, 0.25) is 0 Å². The molecule has 0 fully saturated rings. The summed E-state index contributed by atoms with van der Waals surface area (Å²) in [6.07, 6.45) is 6.27. The molecule has 0 N–H and O–H groups in total. The molecule has 46 heavy (non-hydrogen) atoms. The summed E-state index contributed by atoms with van der Waals surface area (Å²) in [6, 6.07) is 36.7. The van der Waals surface area contributed by atoms with E-state index in [-0.39, 0.29) is 0 Å². The van der Waals surface area contributed by atoms with Gasteiger partial charge in [0, 0.05) is 38.4 Å². The van der Waals surface area contributed by atoms with Crippen LogP contribution in [0, 0.1) is 20.8 Å². The Kier molecular flexibility index (Phi) is 5.98. The van der Waals surface area contributed by atoms with Gasteiger partial charge in [-0.1, -0.05) is 109 Å². The molecule has 6 aromatic carbocycles. The lowest BCUT2D eigenvalue weighted by Gasteiger charge is -2.18. The molecule has 0 amide bonds.